The Morgan fingerprint density at radius 2 is 1.88 bits per heavy atom. The monoisotopic (exact) mass is 113 g/mol. The van der Waals surface area contributed by atoms with Gasteiger partial charge in [-0.05, 0) is 25.7 Å². The van der Waals surface area contributed by atoms with Gasteiger partial charge in [-0.1, -0.05) is 0 Å². The van der Waals surface area contributed by atoms with E-state index in [4.69, 9.17) is 4.84 Å². The number of rotatable bonds is 0. The summed E-state index contributed by atoms with van der Waals surface area (Å²) in [6.07, 6.45) is 5.21. The molecule has 2 fully saturated rings. The number of hydrogen-bond acceptors (Lipinski definition) is 2. The molecule has 0 aromatic carbocycles. The van der Waals surface area contributed by atoms with Gasteiger partial charge in [0.15, 0.2) is 5.72 Å². The van der Waals surface area contributed by atoms with Crippen molar-refractivity contribution in [2.75, 3.05) is 7.05 Å². The van der Waals surface area contributed by atoms with Crippen LogP contribution >= 0.6 is 0 Å². The highest BCUT2D eigenvalue weighted by molar-refractivity contribution is 4.89. The van der Waals surface area contributed by atoms with Gasteiger partial charge in [-0.3, -0.25) is 4.84 Å². The maximum Gasteiger partial charge on any atom is 0.164 e. The maximum atomic E-state index is 5.30. The molecule has 0 aromatic rings. The van der Waals surface area contributed by atoms with E-state index in [2.05, 4.69) is 0 Å². The van der Waals surface area contributed by atoms with Crippen LogP contribution in [0.2, 0.25) is 0 Å². The van der Waals surface area contributed by atoms with Crippen molar-refractivity contribution in [3.05, 3.63) is 0 Å². The van der Waals surface area contributed by atoms with Crippen LogP contribution in [0.15, 0.2) is 0 Å². The fraction of sp³-hybridized carbons (Fsp3) is 1.00. The van der Waals surface area contributed by atoms with Crippen LogP contribution in [0.1, 0.15) is 25.7 Å². The summed E-state index contributed by atoms with van der Waals surface area (Å²) < 4.78 is 0. The van der Waals surface area contributed by atoms with Gasteiger partial charge in [0.1, 0.15) is 0 Å². The van der Waals surface area contributed by atoms with Gasteiger partial charge in [-0.2, -0.15) is 5.06 Å². The summed E-state index contributed by atoms with van der Waals surface area (Å²) >= 11 is 0. The summed E-state index contributed by atoms with van der Waals surface area (Å²) in [7, 11) is 2.02. The third kappa shape index (κ3) is 0.446. The molecule has 0 aromatic heterocycles. The summed E-state index contributed by atoms with van der Waals surface area (Å²) in [5.41, 5.74) is 0.236. The predicted molar refractivity (Wildman–Crippen MR) is 30.0 cm³/mol. The van der Waals surface area contributed by atoms with Gasteiger partial charge in [-0.25, -0.2) is 0 Å². The van der Waals surface area contributed by atoms with Crippen LogP contribution in [0.5, 0.6) is 0 Å². The molecule has 1 aliphatic carbocycles. The Morgan fingerprint density at radius 1 is 1.38 bits per heavy atom. The van der Waals surface area contributed by atoms with Crippen molar-refractivity contribution in [1.82, 2.24) is 5.06 Å². The fourth-order valence-corrected chi connectivity index (χ4v) is 1.57. The van der Waals surface area contributed by atoms with E-state index in [1.807, 2.05) is 12.1 Å². The summed E-state index contributed by atoms with van der Waals surface area (Å²) in [4.78, 5) is 5.30. The zero-order chi connectivity index (χ0) is 5.61. The van der Waals surface area contributed by atoms with E-state index in [1.165, 1.54) is 25.7 Å². The van der Waals surface area contributed by atoms with Crippen molar-refractivity contribution in [1.29, 1.82) is 0 Å². The fourth-order valence-electron chi connectivity index (χ4n) is 1.57. The van der Waals surface area contributed by atoms with E-state index in [0.717, 1.165) is 0 Å². The van der Waals surface area contributed by atoms with Crippen LogP contribution in [0.3, 0.4) is 0 Å². The summed E-state index contributed by atoms with van der Waals surface area (Å²) in [5.74, 6) is 0. The lowest BCUT2D eigenvalue weighted by atomic mass is 10.2. The third-order valence-electron chi connectivity index (χ3n) is 2.23. The third-order valence-corrected chi connectivity index (χ3v) is 2.23. The molecule has 1 saturated heterocycles. The molecule has 2 aliphatic rings. The lowest BCUT2D eigenvalue weighted by Crippen LogP contribution is -2.08. The average molecular weight is 113 g/mol. The number of hydroxylamine groups is 2. The SMILES string of the molecule is CN1OC12CCCC2. The minimum absolute atomic E-state index is 0.236. The molecule has 1 unspecified atom stereocenters. The Balaban J connectivity index is 2.06. The van der Waals surface area contributed by atoms with E-state index in [1.54, 1.807) is 0 Å². The first-order chi connectivity index (χ1) is 3.83. The molecule has 1 spiro atoms. The van der Waals surface area contributed by atoms with E-state index < -0.39 is 0 Å². The van der Waals surface area contributed by atoms with E-state index in [-0.39, 0.29) is 5.72 Å². The molecule has 1 heterocycles. The lowest BCUT2D eigenvalue weighted by molar-refractivity contribution is 0.220. The van der Waals surface area contributed by atoms with Crippen molar-refractivity contribution in [2.45, 2.75) is 31.4 Å². The zero-order valence-corrected chi connectivity index (χ0v) is 5.18. The Labute approximate surface area is 49.4 Å². The average Bonchev–Trinajstić information content (AvgIpc) is 2.29. The van der Waals surface area contributed by atoms with Crippen LogP contribution in [-0.2, 0) is 4.84 Å². The maximum absolute atomic E-state index is 5.30. The smallest absolute Gasteiger partial charge is 0.164 e. The minimum atomic E-state index is 0.236. The summed E-state index contributed by atoms with van der Waals surface area (Å²) in [5, 5.41) is 1.99. The first kappa shape index (κ1) is 4.77. The molecule has 2 nitrogen and oxygen atoms in total. The largest absolute Gasteiger partial charge is 0.272 e. The van der Waals surface area contributed by atoms with Gasteiger partial charge < -0.3 is 0 Å². The van der Waals surface area contributed by atoms with Crippen molar-refractivity contribution in [2.24, 2.45) is 0 Å². The molecular formula is C6H11NO. The molecule has 8 heavy (non-hydrogen) atoms. The van der Waals surface area contributed by atoms with Crippen molar-refractivity contribution in [3.8, 4) is 0 Å². The van der Waals surface area contributed by atoms with Gasteiger partial charge in [0.25, 0.3) is 0 Å². The highest BCUT2D eigenvalue weighted by Crippen LogP contribution is 2.46. The molecule has 0 N–H and O–H groups in total. The first-order valence-corrected chi connectivity index (χ1v) is 3.26. The van der Waals surface area contributed by atoms with Crippen LogP contribution < -0.4 is 0 Å². The summed E-state index contributed by atoms with van der Waals surface area (Å²) in [6.45, 7) is 0. The first-order valence-electron chi connectivity index (χ1n) is 3.26. The van der Waals surface area contributed by atoms with Crippen LogP contribution in [0.4, 0.5) is 0 Å². The standard InChI is InChI=1S/C6H11NO/c1-7-6(8-7)4-2-3-5-6/h2-5H2,1H3. The highest BCUT2D eigenvalue weighted by Gasteiger charge is 2.53. The molecule has 0 bridgehead atoms. The van der Waals surface area contributed by atoms with Gasteiger partial charge in [0, 0.05) is 7.05 Å². The molecule has 1 aliphatic heterocycles. The van der Waals surface area contributed by atoms with Crippen molar-refractivity contribution >= 4 is 0 Å². The highest BCUT2D eigenvalue weighted by atomic mass is 16.9. The molecule has 2 rings (SSSR count). The predicted octanol–water partition coefficient (Wildman–Crippen LogP) is 1.13. The van der Waals surface area contributed by atoms with E-state index in [0.29, 0.717) is 0 Å². The van der Waals surface area contributed by atoms with Crippen molar-refractivity contribution < 1.29 is 4.84 Å². The van der Waals surface area contributed by atoms with Gasteiger partial charge >= 0.3 is 0 Å². The Morgan fingerprint density at radius 3 is 2.12 bits per heavy atom. The summed E-state index contributed by atoms with van der Waals surface area (Å²) in [6, 6.07) is 0. The van der Waals surface area contributed by atoms with Gasteiger partial charge in [0.2, 0.25) is 0 Å². The Bertz CT molecular complexity index is 107. The second kappa shape index (κ2) is 1.25. The topological polar surface area (TPSA) is 15.5 Å². The van der Waals surface area contributed by atoms with Gasteiger partial charge in [-0.15, -0.1) is 0 Å². The molecule has 1 saturated carbocycles. The molecule has 46 valence electrons. The molecule has 1 atom stereocenters. The molecule has 2 heteroatoms. The van der Waals surface area contributed by atoms with Gasteiger partial charge in [0.05, 0.1) is 0 Å². The second-order valence-electron chi connectivity index (χ2n) is 2.74. The van der Waals surface area contributed by atoms with Crippen molar-refractivity contribution in [3.63, 3.8) is 0 Å². The number of nitrogens with zero attached hydrogens (tertiary/aromatic N) is 1. The molecule has 0 radical (unpaired) electrons. The Kier molecular flexibility index (Phi) is 0.746. The molecule has 0 amide bonds. The normalized spacial score (nSPS) is 40.9. The van der Waals surface area contributed by atoms with E-state index in [9.17, 15) is 0 Å². The quantitative estimate of drug-likeness (QED) is 0.438. The van der Waals surface area contributed by atoms with Crippen LogP contribution in [-0.4, -0.2) is 17.8 Å². The number of hydrogen-bond donors (Lipinski definition) is 0. The van der Waals surface area contributed by atoms with Crippen LogP contribution in [0.25, 0.3) is 0 Å². The van der Waals surface area contributed by atoms with Crippen LogP contribution in [0, 0.1) is 0 Å². The lowest BCUT2D eigenvalue weighted by Gasteiger charge is -1.94. The molecular weight excluding hydrogens is 102 g/mol. The zero-order valence-electron chi connectivity index (χ0n) is 5.18. The second-order valence-corrected chi connectivity index (χ2v) is 2.74. The minimum Gasteiger partial charge on any atom is -0.272 e. The van der Waals surface area contributed by atoms with E-state index >= 15 is 0 Å². The Hall–Kier alpha value is -0.0800.